The third kappa shape index (κ3) is 9.66. The number of ketones is 1. The molecule has 4 aromatic rings. The Morgan fingerprint density at radius 3 is 2.22 bits per heavy atom. The number of aromatic nitrogens is 2. The van der Waals surface area contributed by atoms with Crippen LogP contribution in [0.4, 0.5) is 19.3 Å². The molecule has 4 rings (SSSR count). The number of carbonyl (C=O) groups is 4. The van der Waals surface area contributed by atoms with Gasteiger partial charge in [0, 0.05) is 12.2 Å². The minimum absolute atomic E-state index is 0.129. The lowest BCUT2D eigenvalue weighted by Gasteiger charge is -2.25. The molecule has 0 aliphatic heterocycles. The third-order valence-electron chi connectivity index (χ3n) is 7.48. The monoisotopic (exact) mass is 673 g/mol. The van der Waals surface area contributed by atoms with Crippen molar-refractivity contribution in [2.24, 2.45) is 5.92 Å². The van der Waals surface area contributed by atoms with Crippen LogP contribution in [-0.4, -0.2) is 51.8 Å². The van der Waals surface area contributed by atoms with Crippen LogP contribution < -0.4 is 21.5 Å². The Hall–Kier alpha value is -5.72. The number of aryl methyl sites for hydroxylation is 1. The molecule has 2 aromatic heterocycles. The molecule has 0 aliphatic carbocycles. The fourth-order valence-corrected chi connectivity index (χ4v) is 4.94. The number of carbonyl (C=O) groups excluding carboxylic acids is 4. The van der Waals surface area contributed by atoms with Gasteiger partial charge in [-0.15, -0.1) is 0 Å². The molecule has 3 N–H and O–H groups in total. The zero-order valence-electron chi connectivity index (χ0n) is 27.2. The summed E-state index contributed by atoms with van der Waals surface area (Å²) >= 11 is 0. The first-order chi connectivity index (χ1) is 23.4. The molecule has 1 atom stereocenters. The SMILES string of the molecule is Cc1cccc(COC(=O)Nc2ccc(-c3ccccc3)n(CC(=O)NC(C(=O)C(F)(F)C(=O)NCCc3ccccc3)C(C)C)c2=O)n1. The molecule has 256 valence electrons. The molecule has 2 aromatic carbocycles. The van der Waals surface area contributed by atoms with E-state index in [0.29, 0.717) is 11.3 Å². The van der Waals surface area contributed by atoms with E-state index in [2.05, 4.69) is 20.9 Å². The van der Waals surface area contributed by atoms with Gasteiger partial charge in [-0.2, -0.15) is 8.78 Å². The number of amides is 3. The molecule has 3 amide bonds. The zero-order chi connectivity index (χ0) is 35.6. The summed E-state index contributed by atoms with van der Waals surface area (Å²) in [5.41, 5.74) is 1.84. The number of ether oxygens (including phenoxy) is 1. The first-order valence-electron chi connectivity index (χ1n) is 15.6. The Bertz CT molecular complexity index is 1850. The third-order valence-corrected chi connectivity index (χ3v) is 7.48. The van der Waals surface area contributed by atoms with Crippen molar-refractivity contribution in [3.8, 4) is 11.3 Å². The van der Waals surface area contributed by atoms with Crippen LogP contribution in [0, 0.1) is 12.8 Å². The van der Waals surface area contributed by atoms with Crippen molar-refractivity contribution in [1.29, 1.82) is 0 Å². The first kappa shape index (κ1) is 36.1. The number of rotatable bonds is 14. The molecule has 0 saturated heterocycles. The van der Waals surface area contributed by atoms with Crippen LogP contribution in [0.25, 0.3) is 11.3 Å². The minimum atomic E-state index is -4.44. The van der Waals surface area contributed by atoms with Crippen LogP contribution in [0.15, 0.2) is 95.8 Å². The number of hydrogen-bond donors (Lipinski definition) is 3. The van der Waals surface area contributed by atoms with Crippen molar-refractivity contribution < 1.29 is 32.7 Å². The Kier molecular flexibility index (Phi) is 12.1. The number of halogens is 2. The second-order valence-electron chi connectivity index (χ2n) is 11.6. The van der Waals surface area contributed by atoms with Gasteiger partial charge in [0.15, 0.2) is 0 Å². The second kappa shape index (κ2) is 16.4. The van der Waals surface area contributed by atoms with Crippen LogP contribution in [-0.2, 0) is 38.7 Å². The van der Waals surface area contributed by atoms with Gasteiger partial charge in [0.1, 0.15) is 18.8 Å². The van der Waals surface area contributed by atoms with Gasteiger partial charge in [-0.1, -0.05) is 80.6 Å². The molecule has 0 aliphatic rings. The van der Waals surface area contributed by atoms with Gasteiger partial charge >= 0.3 is 12.0 Å². The lowest BCUT2D eigenvalue weighted by atomic mass is 9.95. The number of alkyl halides is 2. The summed E-state index contributed by atoms with van der Waals surface area (Å²) < 4.78 is 36.5. The lowest BCUT2D eigenvalue weighted by molar-refractivity contribution is -0.161. The van der Waals surface area contributed by atoms with E-state index in [1.165, 1.54) is 26.0 Å². The molecule has 0 saturated carbocycles. The van der Waals surface area contributed by atoms with Gasteiger partial charge in [-0.05, 0) is 54.7 Å². The Balaban J connectivity index is 1.50. The second-order valence-corrected chi connectivity index (χ2v) is 11.6. The zero-order valence-corrected chi connectivity index (χ0v) is 27.2. The van der Waals surface area contributed by atoms with Crippen molar-refractivity contribution in [3.63, 3.8) is 0 Å². The van der Waals surface area contributed by atoms with E-state index in [-0.39, 0.29) is 31.0 Å². The molecule has 2 heterocycles. The molecular formula is C36H37F2N5O6. The summed E-state index contributed by atoms with van der Waals surface area (Å²) in [5, 5.41) is 6.76. The number of Topliss-reactive ketones (excluding diaryl/α,β-unsaturated/α-hetero) is 1. The van der Waals surface area contributed by atoms with E-state index in [4.69, 9.17) is 4.74 Å². The van der Waals surface area contributed by atoms with E-state index < -0.39 is 53.7 Å². The number of anilines is 1. The summed E-state index contributed by atoms with van der Waals surface area (Å²) in [6, 6.07) is 23.8. The van der Waals surface area contributed by atoms with Crippen LogP contribution in [0.1, 0.15) is 30.8 Å². The van der Waals surface area contributed by atoms with E-state index in [1.54, 1.807) is 85.8 Å². The summed E-state index contributed by atoms with van der Waals surface area (Å²) in [6.07, 6.45) is -0.673. The van der Waals surface area contributed by atoms with Gasteiger partial charge in [0.05, 0.1) is 17.4 Å². The van der Waals surface area contributed by atoms with Crippen molar-refractivity contribution in [2.45, 2.75) is 52.3 Å². The number of benzene rings is 2. The fraction of sp³-hybridized carbons (Fsp3) is 0.278. The molecule has 11 nitrogen and oxygen atoms in total. The molecule has 0 bridgehead atoms. The highest BCUT2D eigenvalue weighted by molar-refractivity contribution is 6.10. The van der Waals surface area contributed by atoms with Gasteiger partial charge < -0.3 is 15.4 Å². The quantitative estimate of drug-likeness (QED) is 0.165. The van der Waals surface area contributed by atoms with Crippen molar-refractivity contribution in [2.75, 3.05) is 11.9 Å². The highest BCUT2D eigenvalue weighted by atomic mass is 19.3. The minimum Gasteiger partial charge on any atom is -0.443 e. The number of nitrogens with zero attached hydrogens (tertiary/aromatic N) is 2. The molecule has 0 radical (unpaired) electrons. The smallest absolute Gasteiger partial charge is 0.412 e. The topological polar surface area (TPSA) is 148 Å². The Morgan fingerprint density at radius 1 is 0.898 bits per heavy atom. The highest BCUT2D eigenvalue weighted by Crippen LogP contribution is 2.22. The predicted octanol–water partition coefficient (Wildman–Crippen LogP) is 4.67. The van der Waals surface area contributed by atoms with Gasteiger partial charge in [-0.3, -0.25) is 34.0 Å². The van der Waals surface area contributed by atoms with Crippen LogP contribution in [0.2, 0.25) is 0 Å². The lowest BCUT2D eigenvalue weighted by Crippen LogP contribution is -2.57. The highest BCUT2D eigenvalue weighted by Gasteiger charge is 2.51. The average Bonchev–Trinajstić information content (AvgIpc) is 3.08. The van der Waals surface area contributed by atoms with E-state index in [9.17, 15) is 24.0 Å². The normalized spacial score (nSPS) is 11.8. The molecule has 49 heavy (non-hydrogen) atoms. The summed E-state index contributed by atoms with van der Waals surface area (Å²) in [4.78, 5) is 69.2. The molecule has 1 unspecified atom stereocenters. The Labute approximate surface area is 281 Å². The molecule has 0 fully saturated rings. The average molecular weight is 674 g/mol. The molecular weight excluding hydrogens is 636 g/mol. The summed E-state index contributed by atoms with van der Waals surface area (Å²) in [5.74, 6) is -9.79. The molecule has 0 spiro atoms. The predicted molar refractivity (Wildman–Crippen MR) is 179 cm³/mol. The standard InChI is InChI=1S/C36H37F2N5O6/c1-23(2)31(32(45)36(37,38)34(47)39-20-19-25-12-6-4-7-13-25)42-30(44)21-43-29(26-14-8-5-9-15-26)18-17-28(33(43)46)41-35(48)49-22-27-16-10-11-24(3)40-27/h4-18,23,31H,19-22H2,1-3H3,(H,39,47)(H,41,48)(H,42,44). The summed E-state index contributed by atoms with van der Waals surface area (Å²) in [6.45, 7) is 3.67. The number of pyridine rings is 2. The first-order valence-corrected chi connectivity index (χ1v) is 15.6. The van der Waals surface area contributed by atoms with Gasteiger partial charge in [0.25, 0.3) is 11.5 Å². The largest absolute Gasteiger partial charge is 0.443 e. The van der Waals surface area contributed by atoms with Crippen LogP contribution in [0.5, 0.6) is 0 Å². The van der Waals surface area contributed by atoms with Gasteiger partial charge in [0.2, 0.25) is 11.7 Å². The van der Waals surface area contributed by atoms with Crippen molar-refractivity contribution >= 4 is 29.4 Å². The maximum absolute atomic E-state index is 15.1. The van der Waals surface area contributed by atoms with Crippen molar-refractivity contribution in [3.05, 3.63) is 118 Å². The number of hydrogen-bond acceptors (Lipinski definition) is 7. The maximum atomic E-state index is 15.1. The fourth-order valence-electron chi connectivity index (χ4n) is 4.94. The molecule has 13 heteroatoms. The maximum Gasteiger partial charge on any atom is 0.412 e. The van der Waals surface area contributed by atoms with E-state index in [0.717, 1.165) is 15.8 Å². The summed E-state index contributed by atoms with van der Waals surface area (Å²) in [7, 11) is 0. The van der Waals surface area contributed by atoms with Crippen molar-refractivity contribution in [1.82, 2.24) is 20.2 Å². The van der Waals surface area contributed by atoms with Crippen LogP contribution in [0.3, 0.4) is 0 Å². The Morgan fingerprint density at radius 2 is 1.57 bits per heavy atom. The number of nitrogens with one attached hydrogen (secondary N) is 3. The van der Waals surface area contributed by atoms with Gasteiger partial charge in [-0.25, -0.2) is 4.79 Å². The van der Waals surface area contributed by atoms with Crippen LogP contribution >= 0.6 is 0 Å². The van der Waals surface area contributed by atoms with E-state index >= 15 is 8.78 Å². The van der Waals surface area contributed by atoms with E-state index in [1.807, 2.05) is 0 Å².